The minimum Gasteiger partial charge on any atom is -0.478 e. The molecule has 0 aliphatic heterocycles. The molecule has 0 aliphatic rings. The first kappa shape index (κ1) is 29.9. The van der Waals surface area contributed by atoms with Crippen molar-refractivity contribution in [2.45, 2.75) is 30.8 Å². The minimum atomic E-state index is -5.20. The zero-order valence-corrected chi connectivity index (χ0v) is 22.1. The lowest BCUT2D eigenvalue weighted by atomic mass is 9.77. The number of pyridine rings is 1. The fourth-order valence-electron chi connectivity index (χ4n) is 4.57. The molecule has 218 valence electrons. The number of aromatic carboxylic acids is 1. The molecule has 0 spiro atoms. The summed E-state index contributed by atoms with van der Waals surface area (Å²) in [6.07, 6.45) is -9.92. The molecule has 0 bridgehead atoms. The number of rotatable bonds is 6. The summed E-state index contributed by atoms with van der Waals surface area (Å²) in [5.74, 6) is -4.30. The van der Waals surface area contributed by atoms with E-state index in [1.807, 2.05) is 0 Å². The number of benzene rings is 2. The molecule has 0 saturated heterocycles. The zero-order chi connectivity index (χ0) is 30.7. The number of hydrogen-bond donors (Lipinski definition) is 2. The fourth-order valence-corrected chi connectivity index (χ4v) is 4.90. The standard InChI is InChI=1S/C26H20ClF6N3O5/c1-12(24(40,26(31,32)33)13-4-7-19-20(8-13)36(3)23(39)35(19)2)15-6-5-14(9-18(15)27)41-21-10-16(22(37)38)17(11-34-21)25(28,29)30/h4-12,40H,1-3H3,(H,37,38). The Hall–Kier alpha value is -4.04. The predicted molar refractivity (Wildman–Crippen MR) is 134 cm³/mol. The van der Waals surface area contributed by atoms with Crippen molar-refractivity contribution in [2.24, 2.45) is 14.1 Å². The Kier molecular flexibility index (Phi) is 7.37. The Labute approximate surface area is 232 Å². The first-order chi connectivity index (χ1) is 18.9. The number of fused-ring (bicyclic) bond motifs is 1. The molecule has 2 heterocycles. The first-order valence-electron chi connectivity index (χ1n) is 11.6. The number of carboxylic acid groups (broad SMARTS) is 1. The van der Waals surface area contributed by atoms with Crippen LogP contribution < -0.4 is 10.4 Å². The first-order valence-corrected chi connectivity index (χ1v) is 12.0. The Balaban J connectivity index is 1.72. The zero-order valence-electron chi connectivity index (χ0n) is 21.3. The van der Waals surface area contributed by atoms with E-state index in [-0.39, 0.29) is 28.0 Å². The van der Waals surface area contributed by atoms with Gasteiger partial charge in [-0.25, -0.2) is 14.6 Å². The van der Waals surface area contributed by atoms with E-state index >= 15 is 0 Å². The maximum atomic E-state index is 14.5. The third-order valence-corrected chi connectivity index (χ3v) is 7.17. The van der Waals surface area contributed by atoms with Crippen LogP contribution in [0.3, 0.4) is 0 Å². The maximum absolute atomic E-state index is 14.5. The SMILES string of the molecule is CC(c1ccc(Oc2cc(C(=O)O)c(C(F)(F)F)cn2)cc1Cl)C(O)(c1ccc2c(c1)n(C)c(=O)n2C)C(F)(F)F. The topological polar surface area (TPSA) is 107 Å². The summed E-state index contributed by atoms with van der Waals surface area (Å²) in [4.78, 5) is 27.0. The van der Waals surface area contributed by atoms with Crippen molar-refractivity contribution < 1.29 is 46.1 Å². The number of imidazole rings is 1. The predicted octanol–water partition coefficient (Wildman–Crippen LogP) is 5.99. The minimum absolute atomic E-state index is 0.157. The van der Waals surface area contributed by atoms with E-state index in [0.717, 1.165) is 41.8 Å². The van der Waals surface area contributed by atoms with Gasteiger partial charge in [0.25, 0.3) is 0 Å². The van der Waals surface area contributed by atoms with E-state index < -0.39 is 58.1 Å². The smallest absolute Gasteiger partial charge is 0.422 e. The van der Waals surface area contributed by atoms with Gasteiger partial charge in [0, 0.05) is 37.3 Å². The van der Waals surface area contributed by atoms with Gasteiger partial charge >= 0.3 is 24.0 Å². The molecule has 4 rings (SSSR count). The van der Waals surface area contributed by atoms with Gasteiger partial charge < -0.3 is 14.9 Å². The van der Waals surface area contributed by atoms with Crippen molar-refractivity contribution in [3.8, 4) is 11.6 Å². The average molecular weight is 604 g/mol. The molecule has 0 radical (unpaired) electrons. The van der Waals surface area contributed by atoms with Crippen LogP contribution in [0.4, 0.5) is 26.3 Å². The second kappa shape index (κ2) is 10.1. The quantitative estimate of drug-likeness (QED) is 0.262. The molecule has 0 amide bonds. The molecule has 2 unspecified atom stereocenters. The number of aromatic nitrogens is 3. The van der Waals surface area contributed by atoms with Gasteiger partial charge in [0.15, 0.2) is 5.60 Å². The van der Waals surface area contributed by atoms with Gasteiger partial charge in [0.2, 0.25) is 5.88 Å². The molecule has 41 heavy (non-hydrogen) atoms. The molecule has 4 aromatic rings. The van der Waals surface area contributed by atoms with Crippen molar-refractivity contribution in [3.05, 3.63) is 86.4 Å². The van der Waals surface area contributed by atoms with E-state index in [1.54, 1.807) is 0 Å². The molecular formula is C26H20ClF6N3O5. The molecule has 0 fully saturated rings. The summed E-state index contributed by atoms with van der Waals surface area (Å²) >= 11 is 6.27. The summed E-state index contributed by atoms with van der Waals surface area (Å²) in [6, 6.07) is 7.28. The Morgan fingerprint density at radius 2 is 1.63 bits per heavy atom. The van der Waals surface area contributed by atoms with Crippen molar-refractivity contribution in [1.29, 1.82) is 0 Å². The monoisotopic (exact) mass is 603 g/mol. The van der Waals surface area contributed by atoms with Gasteiger partial charge in [0.1, 0.15) is 5.75 Å². The molecule has 15 heteroatoms. The van der Waals surface area contributed by atoms with E-state index in [9.17, 15) is 41.0 Å². The lowest BCUT2D eigenvalue weighted by Crippen LogP contribution is -2.46. The highest BCUT2D eigenvalue weighted by atomic mass is 35.5. The average Bonchev–Trinajstić information content (AvgIpc) is 3.10. The summed E-state index contributed by atoms with van der Waals surface area (Å²) in [6.45, 7) is 1.10. The molecular weight excluding hydrogens is 584 g/mol. The normalized spacial score (nSPS) is 14.6. The van der Waals surface area contributed by atoms with Crippen LogP contribution in [-0.2, 0) is 25.9 Å². The Morgan fingerprint density at radius 3 is 2.20 bits per heavy atom. The highest BCUT2D eigenvalue weighted by Gasteiger charge is 2.59. The van der Waals surface area contributed by atoms with Crippen LogP contribution in [0.25, 0.3) is 11.0 Å². The van der Waals surface area contributed by atoms with Crippen molar-refractivity contribution >= 4 is 28.6 Å². The van der Waals surface area contributed by atoms with Gasteiger partial charge in [0.05, 0.1) is 22.2 Å². The van der Waals surface area contributed by atoms with E-state index in [4.69, 9.17) is 21.4 Å². The summed E-state index contributed by atoms with van der Waals surface area (Å²) in [5.41, 5.74) is -6.76. The van der Waals surface area contributed by atoms with Gasteiger partial charge in [-0.3, -0.25) is 9.13 Å². The maximum Gasteiger partial charge on any atom is 0.422 e. The number of nitrogens with zero attached hydrogens (tertiary/aromatic N) is 3. The highest BCUT2D eigenvalue weighted by molar-refractivity contribution is 6.31. The number of halogens is 7. The molecule has 2 aromatic carbocycles. The summed E-state index contributed by atoms with van der Waals surface area (Å²) in [5, 5.41) is 20.1. The van der Waals surface area contributed by atoms with Gasteiger partial charge in [-0.2, -0.15) is 26.3 Å². The van der Waals surface area contributed by atoms with Gasteiger partial charge in [-0.1, -0.05) is 30.7 Å². The van der Waals surface area contributed by atoms with Crippen molar-refractivity contribution in [3.63, 3.8) is 0 Å². The van der Waals surface area contributed by atoms with Crippen LogP contribution in [0.15, 0.2) is 53.5 Å². The van der Waals surface area contributed by atoms with Crippen LogP contribution in [-0.4, -0.2) is 36.5 Å². The van der Waals surface area contributed by atoms with Crippen molar-refractivity contribution in [1.82, 2.24) is 14.1 Å². The number of carboxylic acids is 1. The molecule has 8 nitrogen and oxygen atoms in total. The Morgan fingerprint density at radius 1 is 1.00 bits per heavy atom. The third-order valence-electron chi connectivity index (χ3n) is 6.85. The van der Waals surface area contributed by atoms with E-state index in [0.29, 0.717) is 11.6 Å². The largest absolute Gasteiger partial charge is 0.478 e. The molecule has 2 aromatic heterocycles. The van der Waals surface area contributed by atoms with Gasteiger partial charge in [-0.15, -0.1) is 0 Å². The van der Waals surface area contributed by atoms with Crippen LogP contribution >= 0.6 is 11.6 Å². The second-order valence-electron chi connectivity index (χ2n) is 9.25. The molecule has 0 saturated carbocycles. The lowest BCUT2D eigenvalue weighted by molar-refractivity contribution is -0.274. The fraction of sp³-hybridized carbons (Fsp3) is 0.269. The number of hydrogen-bond acceptors (Lipinski definition) is 5. The third kappa shape index (κ3) is 5.12. The van der Waals surface area contributed by atoms with Crippen LogP contribution in [0, 0.1) is 0 Å². The molecule has 0 aliphatic carbocycles. The van der Waals surface area contributed by atoms with Crippen molar-refractivity contribution in [2.75, 3.05) is 0 Å². The number of aryl methyl sites for hydroxylation is 2. The van der Waals surface area contributed by atoms with Crippen LogP contribution in [0.5, 0.6) is 11.6 Å². The molecule has 2 atom stereocenters. The summed E-state index contributed by atoms with van der Waals surface area (Å²) < 4.78 is 90.5. The highest BCUT2D eigenvalue weighted by Crippen LogP contribution is 2.50. The van der Waals surface area contributed by atoms with Crippen LogP contribution in [0.2, 0.25) is 5.02 Å². The Bertz CT molecular complexity index is 1730. The van der Waals surface area contributed by atoms with E-state index in [2.05, 4.69) is 4.98 Å². The van der Waals surface area contributed by atoms with Gasteiger partial charge in [-0.05, 0) is 35.4 Å². The number of aliphatic hydroxyl groups is 1. The number of ether oxygens (including phenoxy) is 1. The summed E-state index contributed by atoms with van der Waals surface area (Å²) in [7, 11) is 2.83. The second-order valence-corrected chi connectivity index (χ2v) is 9.65. The van der Waals surface area contributed by atoms with Crippen LogP contribution in [0.1, 0.15) is 39.9 Å². The van der Waals surface area contributed by atoms with E-state index in [1.165, 1.54) is 24.7 Å². The number of alkyl halides is 6. The molecule has 2 N–H and O–H groups in total. The number of carbonyl (C=O) groups is 1. The lowest BCUT2D eigenvalue weighted by Gasteiger charge is -2.37.